The van der Waals surface area contributed by atoms with Crippen molar-refractivity contribution in [1.29, 1.82) is 0 Å². The van der Waals surface area contributed by atoms with E-state index in [9.17, 15) is 4.79 Å². The standard InChI is InChI=1S/C14H26N2O2/c1-4-12-9-18-11(3)8-16(12)14(17)13-7-5-6-10(2)15-13/h10-13,15H,4-9H2,1-3H3. The van der Waals surface area contributed by atoms with E-state index in [1.54, 1.807) is 0 Å². The minimum Gasteiger partial charge on any atom is -0.375 e. The van der Waals surface area contributed by atoms with Gasteiger partial charge >= 0.3 is 0 Å². The zero-order chi connectivity index (χ0) is 13.1. The highest BCUT2D eigenvalue weighted by atomic mass is 16.5. The van der Waals surface area contributed by atoms with Gasteiger partial charge in [0, 0.05) is 12.6 Å². The van der Waals surface area contributed by atoms with Gasteiger partial charge in [0.25, 0.3) is 0 Å². The molecule has 0 bridgehead atoms. The monoisotopic (exact) mass is 254 g/mol. The van der Waals surface area contributed by atoms with Crippen molar-refractivity contribution in [3.63, 3.8) is 0 Å². The molecule has 0 spiro atoms. The first-order valence-electron chi connectivity index (χ1n) is 7.30. The Kier molecular flexibility index (Phi) is 4.62. The van der Waals surface area contributed by atoms with Gasteiger partial charge in [-0.05, 0) is 39.5 Å². The van der Waals surface area contributed by atoms with Crippen LogP contribution in [-0.2, 0) is 9.53 Å². The Bertz CT molecular complexity index is 296. The molecule has 2 aliphatic rings. The largest absolute Gasteiger partial charge is 0.375 e. The molecule has 2 fully saturated rings. The maximum atomic E-state index is 12.6. The first kappa shape index (κ1) is 13.8. The van der Waals surface area contributed by atoms with Crippen LogP contribution in [0, 0.1) is 0 Å². The molecule has 4 unspecified atom stereocenters. The first-order chi connectivity index (χ1) is 8.61. The number of hydrogen-bond donors (Lipinski definition) is 1. The summed E-state index contributed by atoms with van der Waals surface area (Å²) in [5, 5.41) is 3.44. The Labute approximate surface area is 110 Å². The molecule has 0 radical (unpaired) electrons. The Hall–Kier alpha value is -0.610. The van der Waals surface area contributed by atoms with Crippen LogP contribution in [0.25, 0.3) is 0 Å². The SMILES string of the molecule is CCC1COC(C)CN1C(=O)C1CCCC(C)N1. The molecule has 0 saturated carbocycles. The molecule has 0 aromatic carbocycles. The van der Waals surface area contributed by atoms with E-state index in [-0.39, 0.29) is 24.1 Å². The summed E-state index contributed by atoms with van der Waals surface area (Å²) < 4.78 is 5.66. The van der Waals surface area contributed by atoms with Crippen molar-refractivity contribution >= 4 is 5.91 Å². The molecule has 4 nitrogen and oxygen atoms in total. The lowest BCUT2D eigenvalue weighted by molar-refractivity contribution is -0.147. The third kappa shape index (κ3) is 3.04. The molecule has 0 aromatic heterocycles. The van der Waals surface area contributed by atoms with Crippen LogP contribution in [0.2, 0.25) is 0 Å². The number of ether oxygens (including phenoxy) is 1. The average molecular weight is 254 g/mol. The van der Waals surface area contributed by atoms with E-state index < -0.39 is 0 Å². The molecule has 104 valence electrons. The Morgan fingerprint density at radius 3 is 2.83 bits per heavy atom. The normalized spacial score (nSPS) is 37.6. The second-order valence-corrected chi connectivity index (χ2v) is 5.75. The fourth-order valence-electron chi connectivity index (χ4n) is 2.99. The number of hydrogen-bond acceptors (Lipinski definition) is 3. The highest BCUT2D eigenvalue weighted by molar-refractivity contribution is 5.82. The third-order valence-corrected chi connectivity index (χ3v) is 4.14. The van der Waals surface area contributed by atoms with Crippen molar-refractivity contribution in [2.75, 3.05) is 13.2 Å². The summed E-state index contributed by atoms with van der Waals surface area (Å²) in [7, 11) is 0. The average Bonchev–Trinajstić information content (AvgIpc) is 2.38. The van der Waals surface area contributed by atoms with Crippen molar-refractivity contribution in [1.82, 2.24) is 10.2 Å². The van der Waals surface area contributed by atoms with Crippen molar-refractivity contribution in [2.45, 2.75) is 70.7 Å². The summed E-state index contributed by atoms with van der Waals surface area (Å²) in [5.41, 5.74) is 0. The fourth-order valence-corrected chi connectivity index (χ4v) is 2.99. The summed E-state index contributed by atoms with van der Waals surface area (Å²) >= 11 is 0. The Morgan fingerprint density at radius 2 is 2.17 bits per heavy atom. The van der Waals surface area contributed by atoms with Crippen LogP contribution in [0.3, 0.4) is 0 Å². The predicted molar refractivity (Wildman–Crippen MR) is 71.4 cm³/mol. The summed E-state index contributed by atoms with van der Waals surface area (Å²) in [6.45, 7) is 7.76. The third-order valence-electron chi connectivity index (χ3n) is 4.14. The van der Waals surface area contributed by atoms with Crippen LogP contribution in [0.1, 0.15) is 46.5 Å². The Balaban J connectivity index is 2.00. The molecular formula is C14H26N2O2. The number of piperidine rings is 1. The number of nitrogens with one attached hydrogen (secondary N) is 1. The van der Waals surface area contributed by atoms with Gasteiger partial charge in [0.1, 0.15) is 0 Å². The maximum Gasteiger partial charge on any atom is 0.240 e. The second kappa shape index (κ2) is 6.02. The molecule has 1 amide bonds. The van der Waals surface area contributed by atoms with Gasteiger partial charge in [0.15, 0.2) is 0 Å². The summed E-state index contributed by atoms with van der Waals surface area (Å²) in [6, 6.07) is 0.743. The van der Waals surface area contributed by atoms with Gasteiger partial charge in [0.2, 0.25) is 5.91 Å². The van der Waals surface area contributed by atoms with E-state index in [4.69, 9.17) is 4.74 Å². The summed E-state index contributed by atoms with van der Waals surface area (Å²) in [6.07, 6.45) is 4.45. The zero-order valence-electron chi connectivity index (χ0n) is 11.8. The van der Waals surface area contributed by atoms with Gasteiger partial charge in [-0.3, -0.25) is 4.79 Å². The van der Waals surface area contributed by atoms with E-state index in [1.807, 2.05) is 11.8 Å². The fraction of sp³-hybridized carbons (Fsp3) is 0.929. The van der Waals surface area contributed by atoms with Crippen LogP contribution < -0.4 is 5.32 Å². The number of carbonyl (C=O) groups is 1. The lowest BCUT2D eigenvalue weighted by atomic mass is 9.97. The van der Waals surface area contributed by atoms with Crippen molar-refractivity contribution in [3.8, 4) is 0 Å². The van der Waals surface area contributed by atoms with Crippen LogP contribution in [0.15, 0.2) is 0 Å². The van der Waals surface area contributed by atoms with Crippen molar-refractivity contribution < 1.29 is 9.53 Å². The number of nitrogens with zero attached hydrogens (tertiary/aromatic N) is 1. The van der Waals surface area contributed by atoms with E-state index in [2.05, 4.69) is 19.2 Å². The summed E-state index contributed by atoms with van der Waals surface area (Å²) in [5.74, 6) is 0.281. The molecule has 1 N–H and O–H groups in total. The lowest BCUT2D eigenvalue weighted by Crippen LogP contribution is -2.58. The molecule has 2 aliphatic heterocycles. The van der Waals surface area contributed by atoms with Gasteiger partial charge in [-0.2, -0.15) is 0 Å². The molecule has 0 aromatic rings. The molecule has 18 heavy (non-hydrogen) atoms. The van der Waals surface area contributed by atoms with E-state index >= 15 is 0 Å². The number of carbonyl (C=O) groups excluding carboxylic acids is 1. The molecule has 2 rings (SSSR count). The maximum absolute atomic E-state index is 12.6. The minimum atomic E-state index is 0.0214. The topological polar surface area (TPSA) is 41.6 Å². The number of morpholine rings is 1. The molecule has 4 heteroatoms. The van der Waals surface area contributed by atoms with Gasteiger partial charge in [0.05, 0.1) is 24.8 Å². The minimum absolute atomic E-state index is 0.0214. The van der Waals surface area contributed by atoms with E-state index in [0.717, 1.165) is 25.8 Å². The Morgan fingerprint density at radius 1 is 1.39 bits per heavy atom. The second-order valence-electron chi connectivity index (χ2n) is 5.75. The van der Waals surface area contributed by atoms with Crippen LogP contribution in [-0.4, -0.2) is 48.2 Å². The number of rotatable bonds is 2. The van der Waals surface area contributed by atoms with Crippen molar-refractivity contribution in [3.05, 3.63) is 0 Å². The van der Waals surface area contributed by atoms with Crippen LogP contribution in [0.4, 0.5) is 0 Å². The molecule has 4 atom stereocenters. The van der Waals surface area contributed by atoms with E-state index in [1.165, 1.54) is 6.42 Å². The number of amides is 1. The van der Waals surface area contributed by atoms with Crippen molar-refractivity contribution in [2.24, 2.45) is 0 Å². The van der Waals surface area contributed by atoms with E-state index in [0.29, 0.717) is 12.6 Å². The first-order valence-corrected chi connectivity index (χ1v) is 7.30. The smallest absolute Gasteiger partial charge is 0.240 e. The quantitative estimate of drug-likeness (QED) is 0.813. The highest BCUT2D eigenvalue weighted by Crippen LogP contribution is 2.20. The molecule has 0 aliphatic carbocycles. The zero-order valence-corrected chi connectivity index (χ0v) is 11.8. The van der Waals surface area contributed by atoms with Gasteiger partial charge < -0.3 is 15.0 Å². The summed E-state index contributed by atoms with van der Waals surface area (Å²) in [4.78, 5) is 14.7. The predicted octanol–water partition coefficient (Wildman–Crippen LogP) is 1.54. The van der Waals surface area contributed by atoms with Crippen LogP contribution in [0.5, 0.6) is 0 Å². The molecular weight excluding hydrogens is 228 g/mol. The van der Waals surface area contributed by atoms with Crippen LogP contribution >= 0.6 is 0 Å². The van der Waals surface area contributed by atoms with Gasteiger partial charge in [-0.15, -0.1) is 0 Å². The molecule has 2 saturated heterocycles. The lowest BCUT2D eigenvalue weighted by Gasteiger charge is -2.41. The van der Waals surface area contributed by atoms with Gasteiger partial charge in [-0.1, -0.05) is 6.92 Å². The molecule has 2 heterocycles. The van der Waals surface area contributed by atoms with Gasteiger partial charge in [-0.25, -0.2) is 0 Å². The highest BCUT2D eigenvalue weighted by Gasteiger charge is 2.34.